The van der Waals surface area contributed by atoms with Crippen LogP contribution >= 0.6 is 33.9 Å². The molecule has 2 aromatic heterocycles. The van der Waals surface area contributed by atoms with Crippen LogP contribution in [0.25, 0.3) is 10.7 Å². The van der Waals surface area contributed by atoms with Crippen molar-refractivity contribution in [1.82, 2.24) is 15.2 Å². The van der Waals surface area contributed by atoms with E-state index in [1.165, 1.54) is 0 Å². The van der Waals surface area contributed by atoms with E-state index in [-0.39, 0.29) is 4.87 Å². The number of rotatable bonds is 1. The lowest BCUT2D eigenvalue weighted by atomic mass is 10.4. The maximum absolute atomic E-state index is 10.8. The van der Waals surface area contributed by atoms with E-state index in [2.05, 4.69) is 37.8 Å². The molecule has 0 atom stereocenters. The van der Waals surface area contributed by atoms with Gasteiger partial charge in [0.1, 0.15) is 5.69 Å². The van der Waals surface area contributed by atoms with Crippen molar-refractivity contribution in [3.63, 3.8) is 0 Å². The standard InChI is InChI=1S/C7H4IN3OS/c8-4-1-2-5(9-3-4)6-10-11-7(12)13-6/h1-3H,(H,11,12). The molecule has 0 saturated carbocycles. The van der Waals surface area contributed by atoms with E-state index in [0.29, 0.717) is 5.01 Å². The molecular weight excluding hydrogens is 301 g/mol. The number of aromatic amines is 1. The van der Waals surface area contributed by atoms with Crippen LogP contribution < -0.4 is 4.87 Å². The predicted octanol–water partition coefficient (Wildman–Crippen LogP) is 1.50. The molecule has 0 saturated heterocycles. The van der Waals surface area contributed by atoms with Gasteiger partial charge < -0.3 is 0 Å². The van der Waals surface area contributed by atoms with Crippen molar-refractivity contribution in [2.75, 3.05) is 0 Å². The fourth-order valence-electron chi connectivity index (χ4n) is 0.842. The predicted molar refractivity (Wildman–Crippen MR) is 58.7 cm³/mol. The van der Waals surface area contributed by atoms with E-state index in [1.807, 2.05) is 12.1 Å². The molecule has 0 unspecified atom stereocenters. The zero-order valence-electron chi connectivity index (χ0n) is 6.32. The van der Waals surface area contributed by atoms with Crippen molar-refractivity contribution in [3.8, 4) is 10.7 Å². The summed E-state index contributed by atoms with van der Waals surface area (Å²) < 4.78 is 1.06. The van der Waals surface area contributed by atoms with Crippen LogP contribution in [0.1, 0.15) is 0 Å². The SMILES string of the molecule is O=c1[nH]nc(-c2ccc(I)cn2)s1. The molecule has 0 radical (unpaired) electrons. The highest BCUT2D eigenvalue weighted by Crippen LogP contribution is 2.16. The normalized spacial score (nSPS) is 10.2. The Bertz CT molecular complexity index is 461. The molecule has 0 aliphatic carbocycles. The third-order valence-electron chi connectivity index (χ3n) is 1.38. The number of aromatic nitrogens is 3. The monoisotopic (exact) mass is 305 g/mol. The Hall–Kier alpha value is -0.760. The molecule has 0 fully saturated rings. The molecule has 0 aliphatic rings. The lowest BCUT2D eigenvalue weighted by Crippen LogP contribution is -1.90. The van der Waals surface area contributed by atoms with E-state index in [4.69, 9.17) is 0 Å². The van der Waals surface area contributed by atoms with E-state index < -0.39 is 0 Å². The summed E-state index contributed by atoms with van der Waals surface area (Å²) in [6.45, 7) is 0. The number of hydrogen-bond acceptors (Lipinski definition) is 4. The fourth-order valence-corrected chi connectivity index (χ4v) is 1.74. The van der Waals surface area contributed by atoms with E-state index in [1.54, 1.807) is 6.20 Å². The van der Waals surface area contributed by atoms with Crippen LogP contribution in [0.5, 0.6) is 0 Å². The summed E-state index contributed by atoms with van der Waals surface area (Å²) in [5, 5.41) is 6.81. The maximum atomic E-state index is 10.8. The maximum Gasteiger partial charge on any atom is 0.322 e. The number of H-pyrrole nitrogens is 1. The molecule has 13 heavy (non-hydrogen) atoms. The summed E-state index contributed by atoms with van der Waals surface area (Å²) in [5.74, 6) is 0. The van der Waals surface area contributed by atoms with Gasteiger partial charge >= 0.3 is 4.87 Å². The summed E-state index contributed by atoms with van der Waals surface area (Å²) in [6, 6.07) is 3.77. The topological polar surface area (TPSA) is 58.6 Å². The Labute approximate surface area is 91.2 Å². The van der Waals surface area contributed by atoms with Crippen molar-refractivity contribution < 1.29 is 0 Å². The first-order valence-corrected chi connectivity index (χ1v) is 5.32. The van der Waals surface area contributed by atoms with Gasteiger partial charge in [-0.3, -0.25) is 9.78 Å². The Balaban J connectivity index is 2.47. The Morgan fingerprint density at radius 2 is 2.31 bits per heavy atom. The van der Waals surface area contributed by atoms with Crippen LogP contribution in [0.3, 0.4) is 0 Å². The summed E-state index contributed by atoms with van der Waals surface area (Å²) in [7, 11) is 0. The third-order valence-corrected chi connectivity index (χ3v) is 2.79. The lowest BCUT2D eigenvalue weighted by molar-refractivity contribution is 1.05. The summed E-state index contributed by atoms with van der Waals surface area (Å²) in [4.78, 5) is 14.8. The molecular formula is C7H4IN3OS. The zero-order chi connectivity index (χ0) is 9.26. The molecule has 2 rings (SSSR count). The van der Waals surface area contributed by atoms with Gasteiger partial charge in [0.05, 0.1) is 0 Å². The molecule has 6 heteroatoms. The van der Waals surface area contributed by atoms with Crippen LogP contribution in [0.2, 0.25) is 0 Å². The highest BCUT2D eigenvalue weighted by molar-refractivity contribution is 14.1. The molecule has 0 aliphatic heterocycles. The lowest BCUT2D eigenvalue weighted by Gasteiger charge is -1.92. The number of halogens is 1. The van der Waals surface area contributed by atoms with Crippen LogP contribution in [-0.2, 0) is 0 Å². The molecule has 66 valence electrons. The first-order chi connectivity index (χ1) is 6.25. The highest BCUT2D eigenvalue weighted by atomic mass is 127. The van der Waals surface area contributed by atoms with Crippen molar-refractivity contribution >= 4 is 33.9 Å². The van der Waals surface area contributed by atoms with E-state index in [0.717, 1.165) is 20.6 Å². The minimum absolute atomic E-state index is 0.157. The zero-order valence-corrected chi connectivity index (χ0v) is 9.29. The van der Waals surface area contributed by atoms with Crippen molar-refractivity contribution in [1.29, 1.82) is 0 Å². The van der Waals surface area contributed by atoms with Gasteiger partial charge in [0.2, 0.25) is 0 Å². The summed E-state index contributed by atoms with van der Waals surface area (Å²) >= 11 is 3.23. The van der Waals surface area contributed by atoms with Crippen molar-refractivity contribution in [2.45, 2.75) is 0 Å². The van der Waals surface area contributed by atoms with Gasteiger partial charge in [0.15, 0.2) is 5.01 Å². The second kappa shape index (κ2) is 3.54. The molecule has 2 aromatic rings. The van der Waals surface area contributed by atoms with Gasteiger partial charge in [0.25, 0.3) is 0 Å². The van der Waals surface area contributed by atoms with E-state index >= 15 is 0 Å². The van der Waals surface area contributed by atoms with Crippen LogP contribution in [0, 0.1) is 3.57 Å². The molecule has 0 aromatic carbocycles. The third kappa shape index (κ3) is 1.94. The first kappa shape index (κ1) is 8.82. The molecule has 0 bridgehead atoms. The summed E-state index contributed by atoms with van der Waals surface area (Å²) in [5.41, 5.74) is 0.726. The minimum atomic E-state index is -0.157. The molecule has 2 heterocycles. The molecule has 1 N–H and O–H groups in total. The minimum Gasteiger partial charge on any atom is -0.255 e. The van der Waals surface area contributed by atoms with Gasteiger partial charge in [-0.05, 0) is 34.7 Å². The van der Waals surface area contributed by atoms with Gasteiger partial charge in [0, 0.05) is 9.77 Å². The van der Waals surface area contributed by atoms with Crippen molar-refractivity contribution in [2.24, 2.45) is 0 Å². The first-order valence-electron chi connectivity index (χ1n) is 3.43. The second-order valence-corrected chi connectivity index (χ2v) is 4.49. The number of nitrogens with one attached hydrogen (secondary N) is 1. The van der Waals surface area contributed by atoms with E-state index in [9.17, 15) is 4.79 Å². The van der Waals surface area contributed by atoms with Crippen LogP contribution in [0.4, 0.5) is 0 Å². The second-order valence-electron chi connectivity index (χ2n) is 2.28. The largest absolute Gasteiger partial charge is 0.322 e. The number of hydrogen-bond donors (Lipinski definition) is 1. The fraction of sp³-hybridized carbons (Fsp3) is 0. The Kier molecular flexibility index (Phi) is 2.40. The Morgan fingerprint density at radius 1 is 1.46 bits per heavy atom. The van der Waals surface area contributed by atoms with Crippen LogP contribution in [-0.4, -0.2) is 15.2 Å². The van der Waals surface area contributed by atoms with Gasteiger partial charge in [-0.15, -0.1) is 0 Å². The van der Waals surface area contributed by atoms with Crippen LogP contribution in [0.15, 0.2) is 23.1 Å². The van der Waals surface area contributed by atoms with Crippen molar-refractivity contribution in [3.05, 3.63) is 31.6 Å². The quantitative estimate of drug-likeness (QED) is 0.812. The van der Waals surface area contributed by atoms with Gasteiger partial charge in [-0.25, -0.2) is 5.10 Å². The average Bonchev–Trinajstić information content (AvgIpc) is 2.53. The van der Waals surface area contributed by atoms with Gasteiger partial charge in [-0.2, -0.15) is 5.10 Å². The molecule has 4 nitrogen and oxygen atoms in total. The molecule has 0 spiro atoms. The Morgan fingerprint density at radius 3 is 2.85 bits per heavy atom. The smallest absolute Gasteiger partial charge is 0.255 e. The number of pyridine rings is 1. The molecule has 0 amide bonds. The highest BCUT2D eigenvalue weighted by Gasteiger charge is 2.03. The average molecular weight is 305 g/mol. The number of nitrogens with zero attached hydrogens (tertiary/aromatic N) is 2. The summed E-state index contributed by atoms with van der Waals surface area (Å²) in [6.07, 6.45) is 1.74. The van der Waals surface area contributed by atoms with Gasteiger partial charge in [-0.1, -0.05) is 11.3 Å².